The number of aromatic nitrogens is 1. The van der Waals surface area contributed by atoms with Crippen LogP contribution in [-0.2, 0) is 0 Å². The van der Waals surface area contributed by atoms with Crippen molar-refractivity contribution >= 4 is 16.7 Å². The number of fused-ring (bicyclic) bond motifs is 1. The molecule has 1 spiro atoms. The van der Waals surface area contributed by atoms with E-state index >= 15 is 0 Å². The van der Waals surface area contributed by atoms with Crippen molar-refractivity contribution in [1.82, 2.24) is 9.88 Å². The van der Waals surface area contributed by atoms with E-state index in [4.69, 9.17) is 14.2 Å². The number of ether oxygens (including phenoxy) is 3. The van der Waals surface area contributed by atoms with Crippen LogP contribution in [0.3, 0.4) is 0 Å². The normalized spacial score (nSPS) is 24.9. The minimum absolute atomic E-state index is 0.0702. The number of nitrogens with one attached hydrogen (secondary N) is 1. The van der Waals surface area contributed by atoms with Gasteiger partial charge < -0.3 is 24.1 Å². The van der Waals surface area contributed by atoms with Gasteiger partial charge in [-0.1, -0.05) is 0 Å². The Morgan fingerprint density at radius 3 is 2.88 bits per heavy atom. The van der Waals surface area contributed by atoms with E-state index in [1.165, 1.54) is 12.8 Å². The van der Waals surface area contributed by atoms with Gasteiger partial charge in [-0.05, 0) is 56.3 Å². The van der Waals surface area contributed by atoms with Gasteiger partial charge >= 0.3 is 0 Å². The van der Waals surface area contributed by atoms with E-state index in [-0.39, 0.29) is 11.9 Å². The molecule has 32 heavy (non-hydrogen) atoms. The molecule has 163 valence electrons. The van der Waals surface area contributed by atoms with E-state index in [1.54, 1.807) is 7.11 Å². The molecule has 1 aliphatic carbocycles. The fourth-order valence-electron chi connectivity index (χ4n) is 5.88. The van der Waals surface area contributed by atoms with Gasteiger partial charge in [0, 0.05) is 42.1 Å². The lowest BCUT2D eigenvalue weighted by atomic mass is 9.68. The van der Waals surface area contributed by atoms with Crippen molar-refractivity contribution in [3.8, 4) is 17.2 Å². The number of ketones is 1. The van der Waals surface area contributed by atoms with Gasteiger partial charge in [0.15, 0.2) is 5.78 Å². The molecule has 7 rings (SSSR count). The highest BCUT2D eigenvalue weighted by Gasteiger charge is 2.58. The SMILES string of the molecule is COc1cc(C(=O)[C@@H]2C3Oc4[c]ccc(c43)OC23CCNCC3)cc2c1ccn2C1CC1. The average Bonchev–Trinajstić information content (AvgIpc) is 3.55. The maximum Gasteiger partial charge on any atom is 0.174 e. The Morgan fingerprint density at radius 1 is 1.25 bits per heavy atom. The summed E-state index contributed by atoms with van der Waals surface area (Å²) < 4.78 is 20.8. The number of piperidine rings is 1. The third-order valence-electron chi connectivity index (χ3n) is 7.65. The molecule has 0 bridgehead atoms. The highest BCUT2D eigenvalue weighted by molar-refractivity contribution is 6.04. The first kappa shape index (κ1) is 18.6. The van der Waals surface area contributed by atoms with Gasteiger partial charge in [0.05, 0.1) is 18.2 Å². The zero-order valence-corrected chi connectivity index (χ0v) is 18.0. The second kappa shape index (κ2) is 6.51. The third kappa shape index (κ3) is 2.47. The van der Waals surface area contributed by atoms with E-state index in [0.29, 0.717) is 17.4 Å². The molecule has 1 N–H and O–H groups in total. The molecule has 0 amide bonds. The zero-order chi connectivity index (χ0) is 21.4. The standard InChI is InChI=1S/C26H25N2O4/c1-30-21-14-15(13-18-17(21)7-12-28(18)16-5-6-16)24(29)23-25-22-19(31-25)3-2-4-20(22)32-26(23)8-10-27-11-9-26/h2,4,7,12-14,16,23,25,27H,5-6,8-11H2,1H3/t23-,25?/m1/s1. The number of nitrogens with zero attached hydrogens (tertiary/aromatic N) is 1. The monoisotopic (exact) mass is 429 g/mol. The molecule has 3 aromatic rings. The van der Waals surface area contributed by atoms with Crippen LogP contribution < -0.4 is 19.5 Å². The molecule has 4 heterocycles. The Bertz CT molecular complexity index is 1250. The summed E-state index contributed by atoms with van der Waals surface area (Å²) in [4.78, 5) is 14.2. The largest absolute Gasteiger partial charge is 0.496 e. The predicted octanol–water partition coefficient (Wildman–Crippen LogP) is 4.23. The number of rotatable bonds is 4. The van der Waals surface area contributed by atoms with Gasteiger partial charge in [-0.25, -0.2) is 0 Å². The summed E-state index contributed by atoms with van der Waals surface area (Å²) in [5, 5.41) is 4.46. The lowest BCUT2D eigenvalue weighted by Crippen LogP contribution is -2.59. The summed E-state index contributed by atoms with van der Waals surface area (Å²) in [5.74, 6) is 1.97. The predicted molar refractivity (Wildman–Crippen MR) is 119 cm³/mol. The van der Waals surface area contributed by atoms with Gasteiger partial charge in [-0.2, -0.15) is 0 Å². The van der Waals surface area contributed by atoms with Crippen LogP contribution in [0, 0.1) is 12.0 Å². The molecule has 2 fully saturated rings. The average molecular weight is 429 g/mol. The minimum atomic E-state index is -0.570. The number of hydrogen-bond acceptors (Lipinski definition) is 5. The molecule has 1 saturated heterocycles. The van der Waals surface area contributed by atoms with Crippen molar-refractivity contribution < 1.29 is 19.0 Å². The zero-order valence-electron chi connectivity index (χ0n) is 18.0. The number of carbonyl (C=O) groups excluding carboxylic acids is 1. The Morgan fingerprint density at radius 2 is 2.09 bits per heavy atom. The smallest absolute Gasteiger partial charge is 0.174 e. The topological polar surface area (TPSA) is 61.7 Å². The van der Waals surface area contributed by atoms with E-state index < -0.39 is 11.5 Å². The van der Waals surface area contributed by atoms with Crippen LogP contribution in [-0.4, -0.2) is 36.2 Å². The van der Waals surface area contributed by atoms with Crippen LogP contribution >= 0.6 is 0 Å². The van der Waals surface area contributed by atoms with Gasteiger partial charge in [0.1, 0.15) is 34.9 Å². The molecule has 1 saturated carbocycles. The number of methoxy groups -OCH3 is 1. The Kier molecular flexibility index (Phi) is 3.78. The summed E-state index contributed by atoms with van der Waals surface area (Å²) in [6.45, 7) is 1.65. The van der Waals surface area contributed by atoms with Crippen molar-refractivity contribution in [2.45, 2.75) is 43.4 Å². The molecule has 1 aromatic heterocycles. The van der Waals surface area contributed by atoms with Gasteiger partial charge in [0.2, 0.25) is 0 Å². The second-order valence-corrected chi connectivity index (χ2v) is 9.45. The Labute approximate surface area is 186 Å². The number of benzene rings is 2. The highest BCUT2D eigenvalue weighted by Crippen LogP contribution is 2.58. The van der Waals surface area contributed by atoms with Crippen LogP contribution in [0.1, 0.15) is 53.8 Å². The minimum Gasteiger partial charge on any atom is -0.496 e. The first-order chi connectivity index (χ1) is 15.7. The van der Waals surface area contributed by atoms with Crippen LogP contribution in [0.2, 0.25) is 0 Å². The van der Waals surface area contributed by atoms with E-state index in [2.05, 4.69) is 28.2 Å². The fraction of sp³-hybridized carbons (Fsp3) is 0.423. The van der Waals surface area contributed by atoms with Crippen molar-refractivity contribution in [1.29, 1.82) is 0 Å². The number of hydrogen-bond donors (Lipinski definition) is 1. The summed E-state index contributed by atoms with van der Waals surface area (Å²) >= 11 is 0. The van der Waals surface area contributed by atoms with Crippen molar-refractivity contribution in [3.05, 3.63) is 53.7 Å². The van der Waals surface area contributed by atoms with Gasteiger partial charge in [0.25, 0.3) is 0 Å². The number of Topliss-reactive ketones (excluding diaryl/α,β-unsaturated/α-hetero) is 1. The van der Waals surface area contributed by atoms with Crippen molar-refractivity contribution in [3.63, 3.8) is 0 Å². The molecule has 2 atom stereocenters. The van der Waals surface area contributed by atoms with Gasteiger partial charge in [-0.3, -0.25) is 4.79 Å². The van der Waals surface area contributed by atoms with Crippen LogP contribution in [0.4, 0.5) is 0 Å². The molecular weight excluding hydrogens is 404 g/mol. The van der Waals surface area contributed by atoms with Crippen LogP contribution in [0.25, 0.3) is 10.9 Å². The first-order valence-corrected chi connectivity index (χ1v) is 11.5. The molecule has 6 nitrogen and oxygen atoms in total. The third-order valence-corrected chi connectivity index (χ3v) is 7.65. The maximum atomic E-state index is 14.2. The molecule has 1 unspecified atom stereocenters. The number of carbonyl (C=O) groups is 1. The molecule has 4 aliphatic rings. The molecule has 2 aromatic carbocycles. The van der Waals surface area contributed by atoms with E-state index in [1.807, 2.05) is 24.3 Å². The molecular formula is C26H25N2O4. The molecule has 3 aliphatic heterocycles. The summed E-state index contributed by atoms with van der Waals surface area (Å²) in [5.41, 5.74) is 2.15. The lowest BCUT2D eigenvalue weighted by Gasteiger charge is -2.52. The Hall–Kier alpha value is -2.99. The van der Waals surface area contributed by atoms with Crippen LogP contribution in [0.5, 0.6) is 17.2 Å². The van der Waals surface area contributed by atoms with Crippen molar-refractivity contribution in [2.24, 2.45) is 5.92 Å². The van der Waals surface area contributed by atoms with E-state index in [0.717, 1.165) is 53.9 Å². The summed E-state index contributed by atoms with van der Waals surface area (Å²) in [6, 6.07) is 13.5. The van der Waals surface area contributed by atoms with Gasteiger partial charge in [-0.15, -0.1) is 0 Å². The summed E-state index contributed by atoms with van der Waals surface area (Å²) in [6.07, 6.45) is 5.74. The Balaban J connectivity index is 1.36. The maximum absolute atomic E-state index is 14.2. The molecule has 1 radical (unpaired) electrons. The quantitative estimate of drug-likeness (QED) is 0.629. The molecule has 6 heteroatoms. The first-order valence-electron chi connectivity index (χ1n) is 11.5. The fourth-order valence-corrected chi connectivity index (χ4v) is 5.88. The lowest BCUT2D eigenvalue weighted by molar-refractivity contribution is -0.0862. The van der Waals surface area contributed by atoms with E-state index in [9.17, 15) is 4.79 Å². The second-order valence-electron chi connectivity index (χ2n) is 9.45. The summed E-state index contributed by atoms with van der Waals surface area (Å²) in [7, 11) is 1.67. The van der Waals surface area contributed by atoms with Crippen molar-refractivity contribution in [2.75, 3.05) is 20.2 Å². The highest BCUT2D eigenvalue weighted by atomic mass is 16.5. The van der Waals surface area contributed by atoms with Crippen LogP contribution in [0.15, 0.2) is 36.5 Å².